The number of rotatable bonds is 7. The van der Waals surface area contributed by atoms with Gasteiger partial charge in [0.15, 0.2) is 0 Å². The molecule has 3 rings (SSSR count). The van der Waals surface area contributed by atoms with Crippen LogP contribution < -0.4 is 10.2 Å². The number of carbonyl (C=O) groups excluding carboxylic acids is 2. The maximum atomic E-state index is 12.2. The second kappa shape index (κ2) is 9.97. The lowest BCUT2D eigenvalue weighted by molar-refractivity contribution is 0.0525. The molecular weight excluding hydrogens is 374 g/mol. The van der Waals surface area contributed by atoms with Crippen LogP contribution in [0.15, 0.2) is 42.6 Å². The Bertz CT molecular complexity index is 808. The van der Waals surface area contributed by atoms with Gasteiger partial charge in [-0.3, -0.25) is 0 Å². The molecule has 0 radical (unpaired) electrons. The molecule has 8 nitrogen and oxygen atoms in total. The number of hydrogen-bond donors (Lipinski definition) is 2. The minimum absolute atomic E-state index is 0.154. The number of methoxy groups -OCH3 is 1. The fourth-order valence-electron chi connectivity index (χ4n) is 3.35. The van der Waals surface area contributed by atoms with Crippen molar-refractivity contribution in [2.24, 2.45) is 0 Å². The van der Waals surface area contributed by atoms with Gasteiger partial charge >= 0.3 is 12.1 Å². The van der Waals surface area contributed by atoms with Crippen LogP contribution in [0.3, 0.4) is 0 Å². The van der Waals surface area contributed by atoms with E-state index in [4.69, 9.17) is 14.2 Å². The lowest BCUT2D eigenvalue weighted by atomic mass is 10.0. The van der Waals surface area contributed by atoms with Crippen molar-refractivity contribution in [1.29, 1.82) is 0 Å². The zero-order valence-corrected chi connectivity index (χ0v) is 16.7. The molecule has 1 aromatic carbocycles. The quantitative estimate of drug-likeness (QED) is 0.693. The lowest BCUT2D eigenvalue weighted by Crippen LogP contribution is -2.55. The normalized spacial score (nSPS) is 18.9. The summed E-state index contributed by atoms with van der Waals surface area (Å²) in [6.45, 7) is 3.61. The molecule has 1 saturated heterocycles. The van der Waals surface area contributed by atoms with Crippen molar-refractivity contribution in [1.82, 2.24) is 10.3 Å². The molecule has 156 valence electrons. The highest BCUT2D eigenvalue weighted by atomic mass is 16.5. The number of amides is 1. The first-order chi connectivity index (χ1) is 14.1. The lowest BCUT2D eigenvalue weighted by Gasteiger charge is -2.38. The molecule has 1 amide bonds. The van der Waals surface area contributed by atoms with E-state index < -0.39 is 6.09 Å². The van der Waals surface area contributed by atoms with Crippen molar-refractivity contribution in [3.05, 3.63) is 53.7 Å². The minimum Gasteiger partial charge on any atom is -0.462 e. The van der Waals surface area contributed by atoms with Crippen LogP contribution >= 0.6 is 0 Å². The van der Waals surface area contributed by atoms with Crippen LogP contribution in [0, 0.1) is 0 Å². The smallest absolute Gasteiger partial charge is 0.407 e. The fraction of sp³-hybridized carbons (Fsp3) is 0.429. The summed E-state index contributed by atoms with van der Waals surface area (Å²) in [4.78, 5) is 29.2. The molecule has 2 heterocycles. The summed E-state index contributed by atoms with van der Waals surface area (Å²) in [7, 11) is 1.62. The SMILES string of the molecule is CCOC(=O)c1c[nH]c(N2CCC(NC(=O)OCc3ccccc3)C(OC)C2)c1. The summed E-state index contributed by atoms with van der Waals surface area (Å²) < 4.78 is 15.9. The summed E-state index contributed by atoms with van der Waals surface area (Å²) in [6.07, 6.45) is 1.66. The molecule has 2 aromatic rings. The monoisotopic (exact) mass is 401 g/mol. The first-order valence-corrected chi connectivity index (χ1v) is 9.71. The topological polar surface area (TPSA) is 92.9 Å². The minimum atomic E-state index is -0.459. The number of nitrogens with one attached hydrogen (secondary N) is 2. The van der Waals surface area contributed by atoms with E-state index in [1.54, 1.807) is 26.3 Å². The molecule has 0 spiro atoms. The average molecular weight is 401 g/mol. The highest BCUT2D eigenvalue weighted by Crippen LogP contribution is 2.22. The number of aromatic amines is 1. The van der Waals surface area contributed by atoms with Crippen molar-refractivity contribution in [2.75, 3.05) is 31.7 Å². The van der Waals surface area contributed by atoms with Crippen molar-refractivity contribution < 1.29 is 23.8 Å². The van der Waals surface area contributed by atoms with Crippen LogP contribution in [0.2, 0.25) is 0 Å². The summed E-state index contributed by atoms with van der Waals surface area (Å²) >= 11 is 0. The number of anilines is 1. The zero-order valence-electron chi connectivity index (χ0n) is 16.7. The Kier molecular flexibility index (Phi) is 7.13. The highest BCUT2D eigenvalue weighted by molar-refractivity contribution is 5.90. The predicted molar refractivity (Wildman–Crippen MR) is 108 cm³/mol. The molecular formula is C21H27N3O5. The molecule has 0 aliphatic carbocycles. The Morgan fingerprint density at radius 2 is 2.03 bits per heavy atom. The Morgan fingerprint density at radius 1 is 1.24 bits per heavy atom. The zero-order chi connectivity index (χ0) is 20.6. The number of carbonyl (C=O) groups is 2. The maximum absolute atomic E-state index is 12.2. The van der Waals surface area contributed by atoms with Gasteiger partial charge in [0.05, 0.1) is 24.3 Å². The van der Waals surface area contributed by atoms with Gasteiger partial charge in [0.2, 0.25) is 0 Å². The third-order valence-corrected chi connectivity index (χ3v) is 4.90. The molecule has 2 atom stereocenters. The van der Waals surface area contributed by atoms with E-state index in [0.717, 1.165) is 11.4 Å². The van der Waals surface area contributed by atoms with Gasteiger partial charge < -0.3 is 29.4 Å². The predicted octanol–water partition coefficient (Wildman–Crippen LogP) is 2.71. The fourth-order valence-corrected chi connectivity index (χ4v) is 3.35. The number of hydrogen-bond acceptors (Lipinski definition) is 6. The number of piperidine rings is 1. The van der Waals surface area contributed by atoms with Crippen LogP contribution in [0.1, 0.15) is 29.3 Å². The van der Waals surface area contributed by atoms with Gasteiger partial charge in [-0.25, -0.2) is 9.59 Å². The molecule has 1 aromatic heterocycles. The number of ether oxygens (including phenoxy) is 3. The van der Waals surface area contributed by atoms with Crippen LogP contribution in [0.4, 0.5) is 10.6 Å². The number of benzene rings is 1. The standard InChI is InChI=1S/C21H27N3O5/c1-3-28-20(25)16-11-19(22-12-16)24-10-9-17(18(13-24)27-2)23-21(26)29-14-15-7-5-4-6-8-15/h4-8,11-12,17-18,22H,3,9-10,13-14H2,1-2H3,(H,23,26). The molecule has 1 aliphatic heterocycles. The largest absolute Gasteiger partial charge is 0.462 e. The van der Waals surface area contributed by atoms with Crippen LogP contribution in [-0.2, 0) is 20.8 Å². The van der Waals surface area contributed by atoms with Gasteiger partial charge in [-0.05, 0) is 25.0 Å². The summed E-state index contributed by atoms with van der Waals surface area (Å²) in [5.74, 6) is 0.469. The molecule has 1 aliphatic rings. The second-order valence-electron chi connectivity index (χ2n) is 6.82. The van der Waals surface area contributed by atoms with Crippen molar-refractivity contribution >= 4 is 17.9 Å². The molecule has 2 unspecified atom stereocenters. The van der Waals surface area contributed by atoms with Gasteiger partial charge in [0.25, 0.3) is 0 Å². The summed E-state index contributed by atoms with van der Waals surface area (Å²) in [5.41, 5.74) is 1.42. The number of esters is 1. The second-order valence-corrected chi connectivity index (χ2v) is 6.82. The first kappa shape index (κ1) is 20.7. The molecule has 0 bridgehead atoms. The summed E-state index contributed by atoms with van der Waals surface area (Å²) in [6, 6.07) is 11.2. The van der Waals surface area contributed by atoms with E-state index in [0.29, 0.717) is 31.7 Å². The van der Waals surface area contributed by atoms with Crippen LogP contribution in [0.25, 0.3) is 0 Å². The van der Waals surface area contributed by atoms with E-state index in [2.05, 4.69) is 15.2 Å². The van der Waals surface area contributed by atoms with Gasteiger partial charge in [-0.2, -0.15) is 0 Å². The molecule has 29 heavy (non-hydrogen) atoms. The van der Waals surface area contributed by atoms with Crippen molar-refractivity contribution in [3.8, 4) is 0 Å². The number of H-pyrrole nitrogens is 1. The third-order valence-electron chi connectivity index (χ3n) is 4.90. The average Bonchev–Trinajstić information content (AvgIpc) is 3.24. The van der Waals surface area contributed by atoms with Crippen LogP contribution in [-0.4, -0.2) is 56.0 Å². The van der Waals surface area contributed by atoms with E-state index in [-0.39, 0.29) is 24.7 Å². The van der Waals surface area contributed by atoms with Gasteiger partial charge in [0.1, 0.15) is 12.4 Å². The highest BCUT2D eigenvalue weighted by Gasteiger charge is 2.31. The Labute approximate surface area is 170 Å². The van der Waals surface area contributed by atoms with Crippen molar-refractivity contribution in [2.45, 2.75) is 32.1 Å². The molecule has 1 fully saturated rings. The van der Waals surface area contributed by atoms with E-state index in [1.165, 1.54) is 0 Å². The molecule has 2 N–H and O–H groups in total. The number of aromatic nitrogens is 1. The van der Waals surface area contributed by atoms with E-state index in [9.17, 15) is 9.59 Å². The number of alkyl carbamates (subject to hydrolysis) is 1. The Morgan fingerprint density at radius 3 is 2.76 bits per heavy atom. The number of nitrogens with zero attached hydrogens (tertiary/aromatic N) is 1. The Balaban J connectivity index is 1.52. The third kappa shape index (κ3) is 5.51. The van der Waals surface area contributed by atoms with Gasteiger partial charge in [-0.15, -0.1) is 0 Å². The maximum Gasteiger partial charge on any atom is 0.407 e. The molecule has 8 heteroatoms. The van der Waals surface area contributed by atoms with Gasteiger partial charge in [0, 0.05) is 26.4 Å². The van der Waals surface area contributed by atoms with Crippen LogP contribution in [0.5, 0.6) is 0 Å². The van der Waals surface area contributed by atoms with E-state index in [1.807, 2.05) is 30.3 Å². The summed E-state index contributed by atoms with van der Waals surface area (Å²) in [5, 5.41) is 2.91. The molecule has 0 saturated carbocycles. The van der Waals surface area contributed by atoms with E-state index >= 15 is 0 Å². The first-order valence-electron chi connectivity index (χ1n) is 9.71. The van der Waals surface area contributed by atoms with Gasteiger partial charge in [-0.1, -0.05) is 30.3 Å². The Hall–Kier alpha value is -3.00. The van der Waals surface area contributed by atoms with Crippen molar-refractivity contribution in [3.63, 3.8) is 0 Å².